The van der Waals surface area contributed by atoms with E-state index >= 15 is 0 Å². The lowest BCUT2D eigenvalue weighted by atomic mass is 10.3. The van der Waals surface area contributed by atoms with Crippen molar-refractivity contribution < 1.29 is 8.42 Å². The van der Waals surface area contributed by atoms with Gasteiger partial charge in [0.15, 0.2) is 0 Å². The summed E-state index contributed by atoms with van der Waals surface area (Å²) in [6, 6.07) is 2.28. The summed E-state index contributed by atoms with van der Waals surface area (Å²) in [5.74, 6) is 1.94. The Labute approximate surface area is 132 Å². The van der Waals surface area contributed by atoms with Crippen LogP contribution in [0, 0.1) is 0 Å². The van der Waals surface area contributed by atoms with E-state index in [1.807, 2.05) is 23.4 Å². The third-order valence-corrected chi connectivity index (χ3v) is 6.89. The number of hydrogen-bond acceptors (Lipinski definition) is 4. The molecule has 0 aliphatic carbocycles. The molecule has 1 saturated heterocycles. The molecule has 0 aromatic carbocycles. The highest BCUT2D eigenvalue weighted by Crippen LogP contribution is 2.26. The summed E-state index contributed by atoms with van der Waals surface area (Å²) in [5.41, 5.74) is 0.983. The minimum absolute atomic E-state index is 0.123. The van der Waals surface area contributed by atoms with Crippen LogP contribution < -0.4 is 5.32 Å². The number of hydrogen-bond donors (Lipinski definition) is 1. The monoisotopic (exact) mass is 331 g/mol. The quantitative estimate of drug-likeness (QED) is 0.861. The van der Waals surface area contributed by atoms with Gasteiger partial charge in [-0.05, 0) is 18.2 Å². The molecule has 1 fully saturated rings. The van der Waals surface area contributed by atoms with Gasteiger partial charge in [-0.25, -0.2) is 8.42 Å². The van der Waals surface area contributed by atoms with Gasteiger partial charge in [-0.3, -0.25) is 0 Å². The molecular weight excluding hydrogens is 306 g/mol. The van der Waals surface area contributed by atoms with E-state index in [9.17, 15) is 8.42 Å². The number of nitrogens with one attached hydrogen (secondary N) is 1. The second-order valence-electron chi connectivity index (χ2n) is 5.85. The van der Waals surface area contributed by atoms with Gasteiger partial charge in [-0.15, -0.1) is 0 Å². The number of nitrogens with zero attached hydrogens (tertiary/aromatic N) is 2. The first-order chi connectivity index (χ1) is 9.82. The smallest absolute Gasteiger partial charge is 0.244 e. The molecular formula is C14H25N3O2S2. The van der Waals surface area contributed by atoms with E-state index in [-0.39, 0.29) is 6.04 Å². The zero-order valence-electron chi connectivity index (χ0n) is 13.2. The van der Waals surface area contributed by atoms with Crippen LogP contribution in [-0.2, 0) is 23.6 Å². The number of sulfonamides is 1. The lowest BCUT2D eigenvalue weighted by molar-refractivity contribution is 0.394. The molecule has 1 aliphatic heterocycles. The Hall–Kier alpha value is -0.500. The predicted molar refractivity (Wildman–Crippen MR) is 88.1 cm³/mol. The van der Waals surface area contributed by atoms with E-state index in [2.05, 4.69) is 19.2 Å². The Bertz CT molecular complexity index is 575. The lowest BCUT2D eigenvalue weighted by Crippen LogP contribution is -2.36. The zero-order chi connectivity index (χ0) is 15.6. The summed E-state index contributed by atoms with van der Waals surface area (Å²) in [6.07, 6.45) is 2.65. The highest BCUT2D eigenvalue weighted by molar-refractivity contribution is 7.99. The van der Waals surface area contributed by atoms with Gasteiger partial charge >= 0.3 is 0 Å². The fourth-order valence-electron chi connectivity index (χ4n) is 2.37. The minimum Gasteiger partial charge on any atom is -0.352 e. The minimum atomic E-state index is -3.39. The van der Waals surface area contributed by atoms with Crippen LogP contribution in [0.1, 0.15) is 26.0 Å². The molecule has 1 aromatic rings. The third-order valence-electron chi connectivity index (χ3n) is 3.87. The van der Waals surface area contributed by atoms with Crippen molar-refractivity contribution in [2.45, 2.75) is 43.8 Å². The molecule has 21 heavy (non-hydrogen) atoms. The lowest BCUT2D eigenvalue weighted by Gasteiger charge is -2.22. The van der Waals surface area contributed by atoms with Crippen molar-refractivity contribution >= 4 is 21.8 Å². The maximum Gasteiger partial charge on any atom is 0.244 e. The fourth-order valence-corrected chi connectivity index (χ4v) is 5.22. The average molecular weight is 332 g/mol. The molecule has 1 aromatic heterocycles. The molecule has 0 radical (unpaired) electrons. The summed E-state index contributed by atoms with van der Waals surface area (Å²) < 4.78 is 28.8. The van der Waals surface area contributed by atoms with Crippen molar-refractivity contribution in [1.29, 1.82) is 0 Å². The van der Waals surface area contributed by atoms with Gasteiger partial charge in [0.1, 0.15) is 4.90 Å². The average Bonchev–Trinajstić information content (AvgIpc) is 3.05. The number of aryl methyl sites for hydroxylation is 1. The molecule has 2 rings (SSSR count). The highest BCUT2D eigenvalue weighted by atomic mass is 32.2. The first-order valence-electron chi connectivity index (χ1n) is 7.26. The van der Waals surface area contributed by atoms with E-state index in [4.69, 9.17) is 0 Å². The summed E-state index contributed by atoms with van der Waals surface area (Å²) >= 11 is 1.82. The van der Waals surface area contributed by atoms with Gasteiger partial charge in [-0.1, -0.05) is 13.8 Å². The van der Waals surface area contributed by atoms with E-state index in [1.165, 1.54) is 0 Å². The van der Waals surface area contributed by atoms with Crippen LogP contribution in [0.15, 0.2) is 17.2 Å². The first-order valence-corrected chi connectivity index (χ1v) is 9.86. The van der Waals surface area contributed by atoms with Gasteiger partial charge in [-0.2, -0.15) is 16.1 Å². The van der Waals surface area contributed by atoms with E-state index < -0.39 is 10.0 Å². The summed E-state index contributed by atoms with van der Waals surface area (Å²) in [6.45, 7) is 4.82. The van der Waals surface area contributed by atoms with Crippen molar-refractivity contribution in [1.82, 2.24) is 14.2 Å². The molecule has 1 atom stereocenters. The molecule has 0 spiro atoms. The van der Waals surface area contributed by atoms with Gasteiger partial charge in [0.2, 0.25) is 10.0 Å². The largest absolute Gasteiger partial charge is 0.352 e. The normalized spacial score (nSPS) is 19.8. The summed E-state index contributed by atoms with van der Waals surface area (Å²) in [7, 11) is 0.199. The fraction of sp³-hybridized carbons (Fsp3) is 0.714. The number of rotatable bonds is 6. The predicted octanol–water partition coefficient (Wildman–Crippen LogP) is 1.65. The van der Waals surface area contributed by atoms with Crippen LogP contribution in [0.2, 0.25) is 0 Å². The van der Waals surface area contributed by atoms with Crippen LogP contribution in [0.5, 0.6) is 0 Å². The topological polar surface area (TPSA) is 54.3 Å². The maximum absolute atomic E-state index is 12.7. The Balaban J connectivity index is 2.18. The van der Waals surface area contributed by atoms with E-state index in [0.29, 0.717) is 17.5 Å². The second-order valence-corrected chi connectivity index (χ2v) is 9.00. The van der Waals surface area contributed by atoms with E-state index in [1.54, 1.807) is 23.6 Å². The standard InChI is InChI=1S/C14H25N3O2S2/c1-11(2)15-8-13-7-14(9-16(13)3)21(18,19)17(4)12-5-6-20-10-12/h7,9,11-12,15H,5-6,8,10H2,1-4H3. The van der Waals surface area contributed by atoms with Crippen LogP contribution in [0.3, 0.4) is 0 Å². The van der Waals surface area contributed by atoms with Crippen molar-refractivity contribution in [3.63, 3.8) is 0 Å². The van der Waals surface area contributed by atoms with Gasteiger partial charge in [0, 0.05) is 50.4 Å². The van der Waals surface area contributed by atoms with Gasteiger partial charge < -0.3 is 9.88 Å². The SMILES string of the molecule is CC(C)NCc1cc(S(=O)(=O)N(C)C2CCSC2)cn1C. The van der Waals surface area contributed by atoms with E-state index in [0.717, 1.165) is 23.6 Å². The number of thioether (sulfide) groups is 1. The molecule has 1 unspecified atom stereocenters. The van der Waals surface area contributed by atoms with Gasteiger partial charge in [0.05, 0.1) is 0 Å². The highest BCUT2D eigenvalue weighted by Gasteiger charge is 2.31. The van der Waals surface area contributed by atoms with Crippen LogP contribution in [0.25, 0.3) is 0 Å². The molecule has 0 bridgehead atoms. The zero-order valence-corrected chi connectivity index (χ0v) is 14.8. The van der Waals surface area contributed by atoms with Crippen molar-refractivity contribution in [3.8, 4) is 0 Å². The molecule has 120 valence electrons. The summed E-state index contributed by atoms with van der Waals surface area (Å²) in [4.78, 5) is 0.393. The first kappa shape index (κ1) is 16.9. The molecule has 1 N–H and O–H groups in total. The Morgan fingerprint density at radius 3 is 2.81 bits per heavy atom. The molecule has 0 saturated carbocycles. The summed E-state index contributed by atoms with van der Waals surface area (Å²) in [5, 5.41) is 3.32. The number of aromatic nitrogens is 1. The Morgan fingerprint density at radius 2 is 2.24 bits per heavy atom. The van der Waals surface area contributed by atoms with Gasteiger partial charge in [0.25, 0.3) is 0 Å². The molecule has 2 heterocycles. The third kappa shape index (κ3) is 3.83. The van der Waals surface area contributed by atoms with Crippen LogP contribution in [-0.4, -0.2) is 47.9 Å². The second kappa shape index (κ2) is 6.73. The van der Waals surface area contributed by atoms with Crippen molar-refractivity contribution in [2.75, 3.05) is 18.6 Å². The maximum atomic E-state index is 12.7. The van der Waals surface area contributed by atoms with Crippen molar-refractivity contribution in [2.24, 2.45) is 7.05 Å². The van der Waals surface area contributed by atoms with Crippen molar-refractivity contribution in [3.05, 3.63) is 18.0 Å². The Kier molecular flexibility index (Phi) is 5.40. The Morgan fingerprint density at radius 1 is 1.52 bits per heavy atom. The van der Waals surface area contributed by atoms with Crippen LogP contribution >= 0.6 is 11.8 Å². The molecule has 5 nitrogen and oxygen atoms in total. The van der Waals surface area contributed by atoms with Crippen LogP contribution in [0.4, 0.5) is 0 Å². The molecule has 0 amide bonds. The molecule has 1 aliphatic rings. The molecule has 7 heteroatoms.